The summed E-state index contributed by atoms with van der Waals surface area (Å²) in [5, 5.41) is 0. The van der Waals surface area contributed by atoms with Crippen molar-refractivity contribution >= 4 is 6.29 Å². The zero-order valence-corrected chi connectivity index (χ0v) is 8.05. The van der Waals surface area contributed by atoms with Crippen LogP contribution in [0, 0.1) is 11.8 Å². The van der Waals surface area contributed by atoms with Crippen LogP contribution in [-0.4, -0.2) is 6.29 Å². The lowest BCUT2D eigenvalue weighted by Crippen LogP contribution is -1.96. The van der Waals surface area contributed by atoms with Crippen molar-refractivity contribution < 1.29 is 4.79 Å². The molecule has 0 aliphatic heterocycles. The van der Waals surface area contributed by atoms with Crippen LogP contribution < -0.4 is 0 Å². The first-order valence-electron chi connectivity index (χ1n) is 4.91. The summed E-state index contributed by atoms with van der Waals surface area (Å²) in [5.41, 5.74) is 1.50. The van der Waals surface area contributed by atoms with Gasteiger partial charge in [0.05, 0.1) is 0 Å². The Morgan fingerprint density at radius 1 is 1.75 bits per heavy atom. The molecule has 2 unspecified atom stereocenters. The van der Waals surface area contributed by atoms with Crippen molar-refractivity contribution in [2.75, 3.05) is 0 Å². The first kappa shape index (κ1) is 9.50. The van der Waals surface area contributed by atoms with Crippen LogP contribution >= 0.6 is 0 Å². The fraction of sp³-hybridized carbons (Fsp3) is 0.727. The van der Waals surface area contributed by atoms with Gasteiger partial charge in [0.1, 0.15) is 6.29 Å². The Kier molecular flexibility index (Phi) is 3.51. The smallest absolute Gasteiger partial charge is 0.123 e. The highest BCUT2D eigenvalue weighted by atomic mass is 16.1. The van der Waals surface area contributed by atoms with Crippen molar-refractivity contribution in [3.05, 3.63) is 11.6 Å². The van der Waals surface area contributed by atoms with E-state index in [4.69, 9.17) is 0 Å². The normalized spacial score (nSPS) is 25.2. The summed E-state index contributed by atoms with van der Waals surface area (Å²) in [6.45, 7) is 4.22. The van der Waals surface area contributed by atoms with Crippen LogP contribution in [-0.2, 0) is 4.79 Å². The lowest BCUT2D eigenvalue weighted by Gasteiger charge is -2.02. The Balaban J connectivity index is 2.38. The third kappa shape index (κ3) is 2.47. The predicted molar refractivity (Wildman–Crippen MR) is 50.9 cm³/mol. The number of aldehydes is 1. The standard InChI is InChI=1S/C11H18O/c1-3-10-4-5-11(7-10)6-9(2)8-12/h7-10H,3-6H2,1-2H3. The van der Waals surface area contributed by atoms with Gasteiger partial charge in [-0.15, -0.1) is 0 Å². The Hall–Kier alpha value is -0.590. The van der Waals surface area contributed by atoms with E-state index in [-0.39, 0.29) is 5.92 Å². The van der Waals surface area contributed by atoms with E-state index in [9.17, 15) is 4.79 Å². The second-order valence-corrected chi connectivity index (χ2v) is 3.85. The third-order valence-electron chi connectivity index (χ3n) is 2.65. The van der Waals surface area contributed by atoms with Gasteiger partial charge < -0.3 is 4.79 Å². The largest absolute Gasteiger partial charge is 0.303 e. The Morgan fingerprint density at radius 3 is 3.00 bits per heavy atom. The second kappa shape index (κ2) is 4.44. The molecule has 0 bridgehead atoms. The maximum atomic E-state index is 10.4. The first-order chi connectivity index (χ1) is 5.76. The molecule has 1 aliphatic carbocycles. The number of hydrogen-bond acceptors (Lipinski definition) is 1. The van der Waals surface area contributed by atoms with Crippen LogP contribution in [0.2, 0.25) is 0 Å². The molecule has 0 N–H and O–H groups in total. The lowest BCUT2D eigenvalue weighted by atomic mass is 10.0. The fourth-order valence-corrected chi connectivity index (χ4v) is 1.82. The van der Waals surface area contributed by atoms with E-state index in [1.54, 1.807) is 0 Å². The van der Waals surface area contributed by atoms with Crippen LogP contribution in [0.25, 0.3) is 0 Å². The van der Waals surface area contributed by atoms with Crippen molar-refractivity contribution in [3.63, 3.8) is 0 Å². The molecule has 0 aromatic rings. The lowest BCUT2D eigenvalue weighted by molar-refractivity contribution is -0.110. The minimum absolute atomic E-state index is 0.215. The molecule has 0 saturated heterocycles. The van der Waals surface area contributed by atoms with Gasteiger partial charge in [-0.2, -0.15) is 0 Å². The summed E-state index contributed by atoms with van der Waals surface area (Å²) in [7, 11) is 0. The molecule has 2 atom stereocenters. The summed E-state index contributed by atoms with van der Waals surface area (Å²) in [4.78, 5) is 10.4. The van der Waals surface area contributed by atoms with Crippen LogP contribution in [0.4, 0.5) is 0 Å². The van der Waals surface area contributed by atoms with Crippen LogP contribution in [0.15, 0.2) is 11.6 Å². The Bertz CT molecular complexity index is 181. The molecule has 1 heteroatoms. The zero-order valence-electron chi connectivity index (χ0n) is 8.05. The second-order valence-electron chi connectivity index (χ2n) is 3.85. The van der Waals surface area contributed by atoms with E-state index in [0.29, 0.717) is 0 Å². The molecule has 0 heterocycles. The summed E-state index contributed by atoms with van der Waals surface area (Å²) in [5.74, 6) is 1.01. The van der Waals surface area contributed by atoms with Gasteiger partial charge in [0.25, 0.3) is 0 Å². The molecule has 0 spiro atoms. The van der Waals surface area contributed by atoms with E-state index in [0.717, 1.165) is 18.6 Å². The molecule has 0 amide bonds. The minimum atomic E-state index is 0.215. The molecule has 0 aromatic carbocycles. The van der Waals surface area contributed by atoms with Gasteiger partial charge in [-0.1, -0.05) is 25.5 Å². The average molecular weight is 166 g/mol. The molecule has 68 valence electrons. The zero-order chi connectivity index (χ0) is 8.97. The fourth-order valence-electron chi connectivity index (χ4n) is 1.82. The average Bonchev–Trinajstić information content (AvgIpc) is 2.52. The minimum Gasteiger partial charge on any atom is -0.303 e. The van der Waals surface area contributed by atoms with Gasteiger partial charge in [0.15, 0.2) is 0 Å². The molecule has 1 aliphatic rings. The molecule has 12 heavy (non-hydrogen) atoms. The molecule has 1 rings (SSSR count). The molecule has 0 aromatic heterocycles. The summed E-state index contributed by atoms with van der Waals surface area (Å²) in [6, 6.07) is 0. The molecule has 1 nitrogen and oxygen atoms in total. The summed E-state index contributed by atoms with van der Waals surface area (Å²) in [6.07, 6.45) is 8.19. The first-order valence-corrected chi connectivity index (χ1v) is 4.91. The van der Waals surface area contributed by atoms with Gasteiger partial charge in [0.2, 0.25) is 0 Å². The molecule has 0 saturated carbocycles. The monoisotopic (exact) mass is 166 g/mol. The number of rotatable bonds is 4. The molecule has 0 fully saturated rings. The van der Waals surface area contributed by atoms with E-state index in [1.165, 1.54) is 24.8 Å². The Morgan fingerprint density at radius 2 is 2.50 bits per heavy atom. The molecular formula is C11H18O. The third-order valence-corrected chi connectivity index (χ3v) is 2.65. The van der Waals surface area contributed by atoms with E-state index < -0.39 is 0 Å². The Labute approximate surface area is 74.9 Å². The van der Waals surface area contributed by atoms with Gasteiger partial charge in [0, 0.05) is 5.92 Å². The predicted octanol–water partition coefficient (Wildman–Crippen LogP) is 2.96. The van der Waals surface area contributed by atoms with Crippen molar-refractivity contribution in [1.29, 1.82) is 0 Å². The molecular weight excluding hydrogens is 148 g/mol. The van der Waals surface area contributed by atoms with Crippen molar-refractivity contribution in [2.24, 2.45) is 11.8 Å². The van der Waals surface area contributed by atoms with Gasteiger partial charge >= 0.3 is 0 Å². The number of carbonyl (C=O) groups excluding carboxylic acids is 1. The number of hydrogen-bond donors (Lipinski definition) is 0. The van der Waals surface area contributed by atoms with E-state index >= 15 is 0 Å². The van der Waals surface area contributed by atoms with Crippen molar-refractivity contribution in [3.8, 4) is 0 Å². The number of allylic oxidation sites excluding steroid dienone is 2. The van der Waals surface area contributed by atoms with Crippen molar-refractivity contribution in [2.45, 2.75) is 39.5 Å². The highest BCUT2D eigenvalue weighted by Gasteiger charge is 2.15. The maximum Gasteiger partial charge on any atom is 0.123 e. The quantitative estimate of drug-likeness (QED) is 0.463. The highest BCUT2D eigenvalue weighted by Crippen LogP contribution is 2.29. The van der Waals surface area contributed by atoms with E-state index in [1.807, 2.05) is 6.92 Å². The van der Waals surface area contributed by atoms with E-state index in [2.05, 4.69) is 13.0 Å². The topological polar surface area (TPSA) is 17.1 Å². The van der Waals surface area contributed by atoms with Gasteiger partial charge in [-0.05, 0) is 31.6 Å². The van der Waals surface area contributed by atoms with Gasteiger partial charge in [-0.3, -0.25) is 0 Å². The maximum absolute atomic E-state index is 10.4. The van der Waals surface area contributed by atoms with Crippen LogP contribution in [0.5, 0.6) is 0 Å². The van der Waals surface area contributed by atoms with Gasteiger partial charge in [-0.25, -0.2) is 0 Å². The highest BCUT2D eigenvalue weighted by molar-refractivity contribution is 5.53. The van der Waals surface area contributed by atoms with Crippen molar-refractivity contribution in [1.82, 2.24) is 0 Å². The van der Waals surface area contributed by atoms with Crippen LogP contribution in [0.3, 0.4) is 0 Å². The molecule has 0 radical (unpaired) electrons. The van der Waals surface area contributed by atoms with Crippen LogP contribution in [0.1, 0.15) is 39.5 Å². The SMILES string of the molecule is CCC1C=C(CC(C)C=O)CC1. The summed E-state index contributed by atoms with van der Waals surface area (Å²) < 4.78 is 0. The summed E-state index contributed by atoms with van der Waals surface area (Å²) >= 11 is 0. The number of carbonyl (C=O) groups is 1.